The van der Waals surface area contributed by atoms with Gasteiger partial charge in [-0.2, -0.15) is 0 Å². The van der Waals surface area contributed by atoms with E-state index in [1.165, 1.54) is 6.07 Å². The molecule has 0 spiro atoms. The van der Waals surface area contributed by atoms with Crippen LogP contribution in [0.4, 0.5) is 15.8 Å². The molecular weight excluding hydrogens is 401 g/mol. The van der Waals surface area contributed by atoms with Crippen LogP contribution in [0.2, 0.25) is 5.02 Å². The first-order chi connectivity index (χ1) is 14.4. The number of hydrogen-bond acceptors (Lipinski definition) is 3. The lowest BCUT2D eigenvalue weighted by atomic mass is 9.73. The van der Waals surface area contributed by atoms with Gasteiger partial charge in [-0.1, -0.05) is 18.5 Å². The molecule has 2 aromatic carbocycles. The molecule has 30 heavy (non-hydrogen) atoms. The molecule has 156 valence electrons. The van der Waals surface area contributed by atoms with Gasteiger partial charge in [0.25, 0.3) is 0 Å². The molecule has 3 N–H and O–H groups in total. The highest BCUT2D eigenvalue weighted by Gasteiger charge is 2.30. The Morgan fingerprint density at radius 2 is 1.93 bits per heavy atom. The summed E-state index contributed by atoms with van der Waals surface area (Å²) in [5.74, 6) is 0.282. The largest absolute Gasteiger partial charge is 0.397 e. The number of nitrogens with one attached hydrogen (secondary N) is 1. The molecule has 1 heterocycles. The van der Waals surface area contributed by atoms with Crippen LogP contribution < -0.4 is 11.1 Å². The first-order valence-corrected chi connectivity index (χ1v) is 10.7. The van der Waals surface area contributed by atoms with Crippen LogP contribution in [0.1, 0.15) is 44.1 Å². The highest BCUT2D eigenvalue weighted by Crippen LogP contribution is 2.41. The summed E-state index contributed by atoms with van der Waals surface area (Å²) in [6.45, 7) is 1.98. The maximum absolute atomic E-state index is 13.8. The Bertz CT molecular complexity index is 1080. The number of fused-ring (bicyclic) bond motifs is 1. The minimum absolute atomic E-state index is 0.0242. The Morgan fingerprint density at radius 3 is 2.67 bits per heavy atom. The number of amides is 1. The molecule has 0 saturated heterocycles. The highest BCUT2D eigenvalue weighted by molar-refractivity contribution is 6.31. The predicted molar refractivity (Wildman–Crippen MR) is 120 cm³/mol. The number of hydrogen-bond donors (Lipinski definition) is 2. The fourth-order valence-corrected chi connectivity index (χ4v) is 4.71. The summed E-state index contributed by atoms with van der Waals surface area (Å²) < 4.78 is 13.8. The van der Waals surface area contributed by atoms with Crippen molar-refractivity contribution in [3.8, 4) is 0 Å². The van der Waals surface area contributed by atoms with E-state index in [9.17, 15) is 9.18 Å². The van der Waals surface area contributed by atoms with E-state index in [-0.39, 0.29) is 17.6 Å². The van der Waals surface area contributed by atoms with Gasteiger partial charge in [0.15, 0.2) is 0 Å². The van der Waals surface area contributed by atoms with E-state index >= 15 is 0 Å². The number of nitrogen functional groups attached to an aromatic ring is 1. The Hall–Kier alpha value is -2.66. The molecule has 0 aliphatic heterocycles. The van der Waals surface area contributed by atoms with Crippen LogP contribution in [-0.4, -0.2) is 10.9 Å². The monoisotopic (exact) mass is 425 g/mol. The molecule has 3 aromatic rings. The van der Waals surface area contributed by atoms with Crippen LogP contribution in [-0.2, 0) is 4.79 Å². The van der Waals surface area contributed by atoms with Crippen molar-refractivity contribution in [2.45, 2.75) is 38.5 Å². The van der Waals surface area contributed by atoms with Gasteiger partial charge in [-0.3, -0.25) is 9.78 Å². The lowest BCUT2D eigenvalue weighted by molar-refractivity contribution is -0.121. The Kier molecular flexibility index (Phi) is 5.91. The van der Waals surface area contributed by atoms with Crippen molar-refractivity contribution in [2.75, 3.05) is 11.1 Å². The molecule has 1 unspecified atom stereocenters. The second kappa shape index (κ2) is 8.60. The number of anilines is 2. The zero-order valence-corrected chi connectivity index (χ0v) is 17.6. The average Bonchev–Trinajstić information content (AvgIpc) is 2.75. The van der Waals surface area contributed by atoms with Gasteiger partial charge in [-0.05, 0) is 85.5 Å². The van der Waals surface area contributed by atoms with E-state index in [0.717, 1.165) is 42.1 Å². The highest BCUT2D eigenvalue weighted by atomic mass is 35.5. The van der Waals surface area contributed by atoms with Gasteiger partial charge in [0, 0.05) is 22.5 Å². The standard InChI is InChI=1S/C24H25ClFN3O/c1-14(24(30)29-23-8-6-17(25)12-21(23)27)15-2-4-16(5-3-15)19-10-11-28-22-9-7-18(26)13-20(19)22/h6-16H,2-5,27H2,1H3,(H,29,30). The summed E-state index contributed by atoms with van der Waals surface area (Å²) in [5.41, 5.74) is 8.99. The number of pyridine rings is 1. The van der Waals surface area contributed by atoms with Gasteiger partial charge in [0.1, 0.15) is 5.82 Å². The minimum Gasteiger partial charge on any atom is -0.397 e. The molecule has 4 rings (SSSR count). The zero-order chi connectivity index (χ0) is 21.3. The Morgan fingerprint density at radius 1 is 1.17 bits per heavy atom. The second-order valence-corrected chi connectivity index (χ2v) is 8.62. The number of benzene rings is 2. The molecule has 4 nitrogen and oxygen atoms in total. The molecule has 1 saturated carbocycles. The van der Waals surface area contributed by atoms with Gasteiger partial charge >= 0.3 is 0 Å². The second-order valence-electron chi connectivity index (χ2n) is 8.18. The molecular formula is C24H25ClFN3O. The zero-order valence-electron chi connectivity index (χ0n) is 16.9. The van der Waals surface area contributed by atoms with E-state index in [0.29, 0.717) is 28.2 Å². The SMILES string of the molecule is CC(C(=O)Nc1ccc(Cl)cc1N)C1CCC(c2ccnc3ccc(F)cc23)CC1. The predicted octanol–water partition coefficient (Wildman–Crippen LogP) is 6.16. The summed E-state index contributed by atoms with van der Waals surface area (Å²) in [6, 6.07) is 11.8. The third-order valence-corrected chi connectivity index (χ3v) is 6.58. The molecule has 1 amide bonds. The molecule has 1 aliphatic rings. The normalized spacial score (nSPS) is 20.1. The third kappa shape index (κ3) is 4.26. The topological polar surface area (TPSA) is 68.0 Å². The van der Waals surface area contributed by atoms with E-state index in [1.54, 1.807) is 36.5 Å². The number of carbonyl (C=O) groups is 1. The van der Waals surface area contributed by atoms with Crippen molar-refractivity contribution in [2.24, 2.45) is 11.8 Å². The number of aromatic nitrogens is 1. The van der Waals surface area contributed by atoms with E-state index in [1.807, 2.05) is 13.0 Å². The van der Waals surface area contributed by atoms with Gasteiger partial charge < -0.3 is 11.1 Å². The van der Waals surface area contributed by atoms with Crippen LogP contribution in [0.25, 0.3) is 10.9 Å². The number of nitrogens with zero attached hydrogens (tertiary/aromatic N) is 1. The van der Waals surface area contributed by atoms with Gasteiger partial charge in [-0.15, -0.1) is 0 Å². The van der Waals surface area contributed by atoms with Crippen molar-refractivity contribution in [3.63, 3.8) is 0 Å². The van der Waals surface area contributed by atoms with Crippen LogP contribution in [0.3, 0.4) is 0 Å². The third-order valence-electron chi connectivity index (χ3n) is 6.34. The maximum atomic E-state index is 13.8. The van der Waals surface area contributed by atoms with Crippen molar-refractivity contribution in [3.05, 3.63) is 65.1 Å². The fraction of sp³-hybridized carbons (Fsp3) is 0.333. The molecule has 1 aromatic heterocycles. The van der Waals surface area contributed by atoms with Crippen molar-refractivity contribution >= 4 is 39.8 Å². The smallest absolute Gasteiger partial charge is 0.227 e. The first kappa shape index (κ1) is 20.6. The molecule has 0 radical (unpaired) electrons. The van der Waals surface area contributed by atoms with E-state index < -0.39 is 0 Å². The van der Waals surface area contributed by atoms with Gasteiger partial charge in [0.05, 0.1) is 16.9 Å². The van der Waals surface area contributed by atoms with Crippen LogP contribution in [0.5, 0.6) is 0 Å². The van der Waals surface area contributed by atoms with Crippen LogP contribution >= 0.6 is 11.6 Å². The quantitative estimate of drug-likeness (QED) is 0.492. The average molecular weight is 426 g/mol. The summed E-state index contributed by atoms with van der Waals surface area (Å²) in [7, 11) is 0. The van der Waals surface area contributed by atoms with Gasteiger partial charge in [-0.25, -0.2) is 4.39 Å². The number of halogens is 2. The molecule has 1 aliphatic carbocycles. The van der Waals surface area contributed by atoms with Crippen molar-refractivity contribution in [1.29, 1.82) is 0 Å². The molecule has 6 heteroatoms. The van der Waals surface area contributed by atoms with Crippen LogP contribution in [0.15, 0.2) is 48.7 Å². The summed E-state index contributed by atoms with van der Waals surface area (Å²) >= 11 is 5.93. The maximum Gasteiger partial charge on any atom is 0.227 e. The van der Waals surface area contributed by atoms with Crippen molar-refractivity contribution in [1.82, 2.24) is 4.98 Å². The number of nitrogens with two attached hydrogens (primary N) is 1. The number of rotatable bonds is 4. The van der Waals surface area contributed by atoms with Crippen molar-refractivity contribution < 1.29 is 9.18 Å². The lowest BCUT2D eigenvalue weighted by Gasteiger charge is -2.32. The summed E-state index contributed by atoms with van der Waals surface area (Å²) in [5, 5.41) is 4.37. The Labute approximate surface area is 180 Å². The molecule has 1 fully saturated rings. The molecule has 0 bridgehead atoms. The van der Waals surface area contributed by atoms with E-state index in [4.69, 9.17) is 17.3 Å². The van der Waals surface area contributed by atoms with E-state index in [2.05, 4.69) is 10.3 Å². The summed E-state index contributed by atoms with van der Waals surface area (Å²) in [4.78, 5) is 17.1. The van der Waals surface area contributed by atoms with Crippen LogP contribution in [0, 0.1) is 17.7 Å². The summed E-state index contributed by atoms with van der Waals surface area (Å²) in [6.07, 6.45) is 5.65. The lowest BCUT2D eigenvalue weighted by Crippen LogP contribution is -2.29. The molecule has 1 atom stereocenters. The van der Waals surface area contributed by atoms with Gasteiger partial charge in [0.2, 0.25) is 5.91 Å². The Balaban J connectivity index is 1.42. The minimum atomic E-state index is -0.239. The number of carbonyl (C=O) groups excluding carboxylic acids is 1. The first-order valence-electron chi connectivity index (χ1n) is 10.3. The fourth-order valence-electron chi connectivity index (χ4n) is 4.53.